The Morgan fingerprint density at radius 2 is 2.31 bits per heavy atom. The lowest BCUT2D eigenvalue weighted by Gasteiger charge is -2.07. The minimum Gasteiger partial charge on any atom is -0.463 e. The Labute approximate surface area is 93.4 Å². The standard InChI is InChI=1S/C11H14N2O3/c1-4-16-11(15)8(2)6-13-7-12-9(3)5-10(13)14/h5,7H,2,4,6H2,1,3H3. The maximum absolute atomic E-state index is 11.5. The first kappa shape index (κ1) is 12.2. The maximum Gasteiger partial charge on any atom is 0.335 e. The Bertz CT molecular complexity index is 463. The van der Waals surface area contributed by atoms with Gasteiger partial charge in [-0.15, -0.1) is 0 Å². The Balaban J connectivity index is 2.77. The number of carbonyl (C=O) groups is 1. The smallest absolute Gasteiger partial charge is 0.335 e. The van der Waals surface area contributed by atoms with Crippen LogP contribution in [0.5, 0.6) is 0 Å². The molecule has 5 heteroatoms. The third-order valence-electron chi connectivity index (χ3n) is 1.94. The predicted molar refractivity (Wildman–Crippen MR) is 59.0 cm³/mol. The minimum atomic E-state index is -0.491. The van der Waals surface area contributed by atoms with Crippen molar-refractivity contribution in [3.8, 4) is 0 Å². The molecule has 0 saturated heterocycles. The zero-order valence-corrected chi connectivity index (χ0v) is 9.40. The Morgan fingerprint density at radius 1 is 1.62 bits per heavy atom. The lowest BCUT2D eigenvalue weighted by molar-refractivity contribution is -0.138. The van der Waals surface area contributed by atoms with Gasteiger partial charge in [0.2, 0.25) is 0 Å². The van der Waals surface area contributed by atoms with Crippen LogP contribution in [0.4, 0.5) is 0 Å². The van der Waals surface area contributed by atoms with Crippen molar-refractivity contribution in [1.29, 1.82) is 0 Å². The van der Waals surface area contributed by atoms with Crippen LogP contribution in [0.25, 0.3) is 0 Å². The molecule has 0 bridgehead atoms. The summed E-state index contributed by atoms with van der Waals surface area (Å²) in [6.45, 7) is 7.40. The first-order valence-electron chi connectivity index (χ1n) is 4.92. The molecule has 0 saturated carbocycles. The molecule has 1 heterocycles. The fourth-order valence-electron chi connectivity index (χ4n) is 1.14. The van der Waals surface area contributed by atoms with Crippen LogP contribution in [0, 0.1) is 6.92 Å². The van der Waals surface area contributed by atoms with E-state index in [2.05, 4.69) is 11.6 Å². The first-order chi connectivity index (χ1) is 7.54. The molecule has 0 aliphatic heterocycles. The summed E-state index contributed by atoms with van der Waals surface area (Å²) in [5.41, 5.74) is 0.663. The molecule has 1 aromatic rings. The highest BCUT2D eigenvalue weighted by molar-refractivity contribution is 5.87. The normalized spacial score (nSPS) is 9.88. The summed E-state index contributed by atoms with van der Waals surface area (Å²) >= 11 is 0. The molecule has 0 fully saturated rings. The largest absolute Gasteiger partial charge is 0.463 e. The molecular weight excluding hydrogens is 208 g/mol. The van der Waals surface area contributed by atoms with E-state index in [1.807, 2.05) is 0 Å². The number of hydrogen-bond acceptors (Lipinski definition) is 4. The molecule has 0 unspecified atom stereocenters. The molecule has 1 aromatic heterocycles. The quantitative estimate of drug-likeness (QED) is 0.555. The third-order valence-corrected chi connectivity index (χ3v) is 1.94. The van der Waals surface area contributed by atoms with Crippen molar-refractivity contribution in [3.63, 3.8) is 0 Å². The van der Waals surface area contributed by atoms with Crippen molar-refractivity contribution in [2.75, 3.05) is 6.61 Å². The van der Waals surface area contributed by atoms with Crippen LogP contribution in [0.15, 0.2) is 29.3 Å². The molecule has 0 aromatic carbocycles. The summed E-state index contributed by atoms with van der Waals surface area (Å²) < 4.78 is 6.08. The highest BCUT2D eigenvalue weighted by Gasteiger charge is 2.09. The molecule has 86 valence electrons. The molecule has 0 spiro atoms. The van der Waals surface area contributed by atoms with Gasteiger partial charge in [-0.2, -0.15) is 0 Å². The molecule has 1 rings (SSSR count). The van der Waals surface area contributed by atoms with E-state index in [1.165, 1.54) is 17.0 Å². The van der Waals surface area contributed by atoms with Gasteiger partial charge < -0.3 is 4.74 Å². The van der Waals surface area contributed by atoms with Crippen molar-refractivity contribution >= 4 is 5.97 Å². The van der Waals surface area contributed by atoms with E-state index in [0.717, 1.165) is 0 Å². The molecule has 0 aliphatic rings. The SMILES string of the molecule is C=C(Cn1cnc(C)cc1=O)C(=O)OCC. The van der Waals surface area contributed by atoms with Crippen LogP contribution in [-0.2, 0) is 16.1 Å². The number of aromatic nitrogens is 2. The van der Waals surface area contributed by atoms with Crippen LogP contribution in [0.2, 0.25) is 0 Å². The summed E-state index contributed by atoms with van der Waals surface area (Å²) in [5, 5.41) is 0. The van der Waals surface area contributed by atoms with E-state index in [0.29, 0.717) is 12.3 Å². The number of rotatable bonds is 4. The Hall–Kier alpha value is -1.91. The average Bonchev–Trinajstić information content (AvgIpc) is 2.22. The van der Waals surface area contributed by atoms with E-state index in [4.69, 9.17) is 4.74 Å². The highest BCUT2D eigenvalue weighted by Crippen LogP contribution is 1.98. The van der Waals surface area contributed by atoms with Crippen molar-refractivity contribution in [1.82, 2.24) is 9.55 Å². The van der Waals surface area contributed by atoms with Crippen molar-refractivity contribution in [2.24, 2.45) is 0 Å². The molecule has 5 nitrogen and oxygen atoms in total. The Morgan fingerprint density at radius 3 is 2.88 bits per heavy atom. The van der Waals surface area contributed by atoms with Gasteiger partial charge >= 0.3 is 5.97 Å². The number of esters is 1. The number of carbonyl (C=O) groups excluding carboxylic acids is 1. The van der Waals surface area contributed by atoms with Gasteiger partial charge in [0.1, 0.15) is 0 Å². The van der Waals surface area contributed by atoms with Gasteiger partial charge in [0.05, 0.1) is 19.5 Å². The Kier molecular flexibility index (Phi) is 3.99. The fraction of sp³-hybridized carbons (Fsp3) is 0.364. The maximum atomic E-state index is 11.5. The van der Waals surface area contributed by atoms with Crippen LogP contribution < -0.4 is 5.56 Å². The van der Waals surface area contributed by atoms with Gasteiger partial charge in [-0.25, -0.2) is 9.78 Å². The summed E-state index contributed by atoms with van der Waals surface area (Å²) in [4.78, 5) is 26.7. The van der Waals surface area contributed by atoms with E-state index in [-0.39, 0.29) is 17.7 Å². The molecular formula is C11H14N2O3. The van der Waals surface area contributed by atoms with Crippen LogP contribution in [-0.4, -0.2) is 22.1 Å². The van der Waals surface area contributed by atoms with Gasteiger partial charge in [0.15, 0.2) is 0 Å². The zero-order chi connectivity index (χ0) is 12.1. The molecule has 0 aliphatic carbocycles. The van der Waals surface area contributed by atoms with Gasteiger partial charge in [-0.1, -0.05) is 6.58 Å². The van der Waals surface area contributed by atoms with Crippen molar-refractivity contribution < 1.29 is 9.53 Å². The van der Waals surface area contributed by atoms with Crippen LogP contribution >= 0.6 is 0 Å². The van der Waals surface area contributed by atoms with Crippen molar-refractivity contribution in [2.45, 2.75) is 20.4 Å². The predicted octanol–water partition coefficient (Wildman–Crippen LogP) is 0.671. The zero-order valence-electron chi connectivity index (χ0n) is 9.40. The second-order valence-electron chi connectivity index (χ2n) is 3.32. The number of nitrogens with zero attached hydrogens (tertiary/aromatic N) is 2. The lowest BCUT2D eigenvalue weighted by Crippen LogP contribution is -2.23. The molecule has 16 heavy (non-hydrogen) atoms. The second kappa shape index (κ2) is 5.25. The lowest BCUT2D eigenvalue weighted by atomic mass is 10.3. The molecule has 0 radical (unpaired) electrons. The number of aryl methyl sites for hydroxylation is 1. The molecule has 0 amide bonds. The highest BCUT2D eigenvalue weighted by atomic mass is 16.5. The topological polar surface area (TPSA) is 61.2 Å². The first-order valence-corrected chi connectivity index (χ1v) is 4.92. The minimum absolute atomic E-state index is 0.102. The molecule has 0 N–H and O–H groups in total. The van der Waals surface area contributed by atoms with E-state index in [1.54, 1.807) is 13.8 Å². The summed E-state index contributed by atoms with van der Waals surface area (Å²) in [6, 6.07) is 1.40. The number of hydrogen-bond donors (Lipinski definition) is 0. The third kappa shape index (κ3) is 3.05. The van der Waals surface area contributed by atoms with E-state index >= 15 is 0 Å². The fourth-order valence-corrected chi connectivity index (χ4v) is 1.14. The number of ether oxygens (including phenoxy) is 1. The van der Waals surface area contributed by atoms with Crippen LogP contribution in [0.1, 0.15) is 12.6 Å². The van der Waals surface area contributed by atoms with Crippen molar-refractivity contribution in [3.05, 3.63) is 40.6 Å². The summed E-state index contributed by atoms with van der Waals surface area (Å²) in [6.07, 6.45) is 1.39. The van der Waals surface area contributed by atoms with Gasteiger partial charge in [0.25, 0.3) is 5.56 Å². The molecule has 0 atom stereocenters. The summed E-state index contributed by atoms with van der Waals surface area (Å²) in [7, 11) is 0. The van der Waals surface area contributed by atoms with Gasteiger partial charge in [-0.3, -0.25) is 9.36 Å². The van der Waals surface area contributed by atoms with Gasteiger partial charge in [0, 0.05) is 17.3 Å². The monoisotopic (exact) mass is 222 g/mol. The van der Waals surface area contributed by atoms with E-state index in [9.17, 15) is 9.59 Å². The average molecular weight is 222 g/mol. The van der Waals surface area contributed by atoms with E-state index < -0.39 is 5.97 Å². The van der Waals surface area contributed by atoms with Crippen LogP contribution in [0.3, 0.4) is 0 Å². The van der Waals surface area contributed by atoms with Gasteiger partial charge in [-0.05, 0) is 13.8 Å². The second-order valence-corrected chi connectivity index (χ2v) is 3.32. The summed E-state index contributed by atoms with van der Waals surface area (Å²) in [5.74, 6) is -0.491.